The highest BCUT2D eigenvalue weighted by molar-refractivity contribution is 6.32. The van der Waals surface area contributed by atoms with E-state index < -0.39 is 0 Å². The van der Waals surface area contributed by atoms with E-state index in [1.807, 2.05) is 0 Å². The number of carbonyl (C=O) groups excluding carboxylic acids is 1. The zero-order valence-corrected chi connectivity index (χ0v) is 6.61. The number of aromatic nitrogens is 1. The molecule has 1 aromatic heterocycles. The van der Waals surface area contributed by atoms with Crippen LogP contribution in [0.2, 0.25) is 5.15 Å². The molecule has 0 atom stereocenters. The van der Waals surface area contributed by atoms with Crippen molar-refractivity contribution in [2.45, 2.75) is 6.92 Å². The minimum atomic E-state index is -0.306. The van der Waals surface area contributed by atoms with Crippen LogP contribution in [0.5, 0.6) is 0 Å². The molecule has 0 aromatic carbocycles. The number of H-pyrrole nitrogens is 1. The topological polar surface area (TPSA) is 49.9 Å². The van der Waals surface area contributed by atoms with Crippen LogP contribution in [0.3, 0.4) is 0 Å². The van der Waals surface area contributed by atoms with E-state index in [1.165, 1.54) is 19.1 Å². The summed E-state index contributed by atoms with van der Waals surface area (Å²) in [6, 6.07) is 2.67. The van der Waals surface area contributed by atoms with Crippen LogP contribution in [0.25, 0.3) is 0 Å². The van der Waals surface area contributed by atoms with Gasteiger partial charge in [-0.15, -0.1) is 0 Å². The molecule has 1 heterocycles. The average molecular weight is 172 g/mol. The van der Waals surface area contributed by atoms with E-state index in [-0.39, 0.29) is 16.5 Å². The summed E-state index contributed by atoms with van der Waals surface area (Å²) in [7, 11) is 0. The van der Waals surface area contributed by atoms with Gasteiger partial charge in [0.25, 0.3) is 0 Å². The molecule has 1 aromatic rings. The number of Topliss-reactive ketones (excluding diaryl/α,β-unsaturated/α-hetero) is 1. The fourth-order valence-electron chi connectivity index (χ4n) is 0.721. The Morgan fingerprint density at radius 3 is 2.64 bits per heavy atom. The van der Waals surface area contributed by atoms with Crippen LogP contribution in [0, 0.1) is 0 Å². The van der Waals surface area contributed by atoms with Crippen molar-refractivity contribution in [3.63, 3.8) is 0 Å². The lowest BCUT2D eigenvalue weighted by Crippen LogP contribution is -2.07. The maximum Gasteiger partial charge on any atom is 0.249 e. The third kappa shape index (κ3) is 1.68. The lowest BCUT2D eigenvalue weighted by molar-refractivity contribution is 0.101. The van der Waals surface area contributed by atoms with Gasteiger partial charge in [-0.1, -0.05) is 11.6 Å². The van der Waals surface area contributed by atoms with Crippen LogP contribution < -0.4 is 5.56 Å². The van der Waals surface area contributed by atoms with Gasteiger partial charge in [-0.2, -0.15) is 0 Å². The van der Waals surface area contributed by atoms with Crippen LogP contribution in [0.1, 0.15) is 17.3 Å². The molecule has 0 radical (unpaired) electrons. The normalized spacial score (nSPS) is 9.64. The van der Waals surface area contributed by atoms with Crippen molar-refractivity contribution >= 4 is 17.4 Å². The minimum absolute atomic E-state index is 0.102. The second-order valence-corrected chi connectivity index (χ2v) is 2.48. The maximum absolute atomic E-state index is 10.8. The van der Waals surface area contributed by atoms with Crippen LogP contribution >= 0.6 is 11.6 Å². The highest BCUT2D eigenvalue weighted by atomic mass is 35.5. The molecular formula is C7H6ClNO2. The standard InChI is InChI=1S/C7H6ClNO2/c1-4(10)5-2-3-6(11)9-7(5)8/h2-3H,1H3,(H,9,11). The predicted molar refractivity (Wildman–Crippen MR) is 42.1 cm³/mol. The zero-order valence-electron chi connectivity index (χ0n) is 5.85. The van der Waals surface area contributed by atoms with Crippen molar-refractivity contribution < 1.29 is 4.79 Å². The molecule has 1 rings (SSSR count). The fourth-order valence-corrected chi connectivity index (χ4v) is 1.01. The molecule has 0 spiro atoms. The Labute approximate surface area is 68.0 Å². The van der Waals surface area contributed by atoms with E-state index >= 15 is 0 Å². The molecule has 0 saturated carbocycles. The summed E-state index contributed by atoms with van der Waals surface area (Å²) in [5, 5.41) is 0.102. The average Bonchev–Trinajstić information content (AvgIpc) is 1.85. The van der Waals surface area contributed by atoms with Crippen LogP contribution in [-0.2, 0) is 0 Å². The van der Waals surface area contributed by atoms with Crippen molar-refractivity contribution in [2.75, 3.05) is 0 Å². The van der Waals surface area contributed by atoms with Crippen LogP contribution in [-0.4, -0.2) is 10.8 Å². The molecule has 58 valence electrons. The highest BCUT2D eigenvalue weighted by Crippen LogP contribution is 2.09. The Kier molecular flexibility index (Phi) is 2.10. The smallest absolute Gasteiger partial charge is 0.249 e. The SMILES string of the molecule is CC(=O)c1ccc(=O)[nH]c1Cl. The van der Waals surface area contributed by atoms with Crippen molar-refractivity contribution in [2.24, 2.45) is 0 Å². The van der Waals surface area contributed by atoms with E-state index in [9.17, 15) is 9.59 Å². The fraction of sp³-hybridized carbons (Fsp3) is 0.143. The van der Waals surface area contributed by atoms with Crippen molar-refractivity contribution in [1.29, 1.82) is 0 Å². The number of hydrogen-bond donors (Lipinski definition) is 1. The minimum Gasteiger partial charge on any atom is -0.312 e. The molecular weight excluding hydrogens is 166 g/mol. The summed E-state index contributed by atoms with van der Waals surface area (Å²) in [5.74, 6) is -0.161. The van der Waals surface area contributed by atoms with Gasteiger partial charge in [0.15, 0.2) is 5.78 Å². The third-order valence-corrected chi connectivity index (χ3v) is 1.55. The largest absolute Gasteiger partial charge is 0.312 e. The van der Waals surface area contributed by atoms with Gasteiger partial charge in [-0.3, -0.25) is 9.59 Å². The lowest BCUT2D eigenvalue weighted by atomic mass is 10.2. The highest BCUT2D eigenvalue weighted by Gasteiger charge is 2.04. The van der Waals surface area contributed by atoms with Gasteiger partial charge in [0.05, 0.1) is 5.56 Å². The molecule has 0 amide bonds. The van der Waals surface area contributed by atoms with Crippen LogP contribution in [0.4, 0.5) is 0 Å². The number of nitrogens with one attached hydrogen (secondary N) is 1. The predicted octanol–water partition coefficient (Wildman–Crippen LogP) is 1.23. The number of pyridine rings is 1. The maximum atomic E-state index is 10.8. The van der Waals surface area contributed by atoms with E-state index in [2.05, 4.69) is 4.98 Å². The van der Waals surface area contributed by atoms with Crippen LogP contribution in [0.15, 0.2) is 16.9 Å². The monoisotopic (exact) mass is 171 g/mol. The molecule has 0 saturated heterocycles. The number of halogens is 1. The van der Waals surface area contributed by atoms with Crippen molar-refractivity contribution in [3.8, 4) is 0 Å². The second-order valence-electron chi connectivity index (χ2n) is 2.11. The van der Waals surface area contributed by atoms with Gasteiger partial charge < -0.3 is 4.98 Å². The Hall–Kier alpha value is -1.09. The Bertz CT molecular complexity index is 343. The molecule has 1 N–H and O–H groups in total. The first-order chi connectivity index (χ1) is 5.11. The van der Waals surface area contributed by atoms with E-state index in [4.69, 9.17) is 11.6 Å². The number of aromatic amines is 1. The van der Waals surface area contributed by atoms with E-state index in [1.54, 1.807) is 0 Å². The van der Waals surface area contributed by atoms with Crippen molar-refractivity contribution in [3.05, 3.63) is 33.2 Å². The number of ketones is 1. The van der Waals surface area contributed by atoms with Gasteiger partial charge in [0.2, 0.25) is 5.56 Å². The van der Waals surface area contributed by atoms with Gasteiger partial charge in [0.1, 0.15) is 5.15 Å². The summed E-state index contributed by atoms with van der Waals surface area (Å²) < 4.78 is 0. The molecule has 3 nitrogen and oxygen atoms in total. The van der Waals surface area contributed by atoms with E-state index in [0.29, 0.717) is 5.56 Å². The van der Waals surface area contributed by atoms with Gasteiger partial charge in [0, 0.05) is 6.07 Å². The summed E-state index contributed by atoms with van der Waals surface area (Å²) in [6.45, 7) is 1.39. The molecule has 0 aliphatic carbocycles. The molecule has 0 aliphatic heterocycles. The van der Waals surface area contributed by atoms with Crippen molar-refractivity contribution in [1.82, 2.24) is 4.98 Å². The Morgan fingerprint density at radius 1 is 1.55 bits per heavy atom. The number of carbonyl (C=O) groups is 1. The quantitative estimate of drug-likeness (QED) is 0.511. The number of hydrogen-bond acceptors (Lipinski definition) is 2. The Morgan fingerprint density at radius 2 is 2.18 bits per heavy atom. The van der Waals surface area contributed by atoms with Gasteiger partial charge >= 0.3 is 0 Å². The summed E-state index contributed by atoms with van der Waals surface area (Å²) in [6.07, 6.45) is 0. The molecule has 0 fully saturated rings. The lowest BCUT2D eigenvalue weighted by Gasteiger charge is -1.95. The van der Waals surface area contributed by atoms with Gasteiger partial charge in [-0.05, 0) is 13.0 Å². The van der Waals surface area contributed by atoms with E-state index in [0.717, 1.165) is 0 Å². The molecule has 4 heteroatoms. The zero-order chi connectivity index (χ0) is 8.43. The number of rotatable bonds is 1. The third-order valence-electron chi connectivity index (χ3n) is 1.25. The molecule has 0 unspecified atom stereocenters. The first-order valence-corrected chi connectivity index (χ1v) is 3.39. The van der Waals surface area contributed by atoms with Gasteiger partial charge in [-0.25, -0.2) is 0 Å². The molecule has 0 bridgehead atoms. The molecule has 11 heavy (non-hydrogen) atoms. The molecule has 0 aliphatic rings. The first kappa shape index (κ1) is 8.01. The Balaban J connectivity index is 3.31. The summed E-state index contributed by atoms with van der Waals surface area (Å²) in [5.41, 5.74) is 0.0336. The summed E-state index contributed by atoms with van der Waals surface area (Å²) >= 11 is 5.55. The summed E-state index contributed by atoms with van der Waals surface area (Å²) in [4.78, 5) is 23.7. The second kappa shape index (κ2) is 2.88. The first-order valence-electron chi connectivity index (χ1n) is 3.01.